The van der Waals surface area contributed by atoms with E-state index in [1.54, 1.807) is 6.92 Å². The largest absolute Gasteiger partial charge is 0.465 e. The summed E-state index contributed by atoms with van der Waals surface area (Å²) in [4.78, 5) is 55.2. The molecule has 1 aliphatic heterocycles. The average Bonchev–Trinajstić information content (AvgIpc) is 3.31. The van der Waals surface area contributed by atoms with Crippen molar-refractivity contribution in [1.82, 2.24) is 4.98 Å². The highest BCUT2D eigenvalue weighted by Crippen LogP contribution is 2.35. The third-order valence-corrected chi connectivity index (χ3v) is 6.92. The van der Waals surface area contributed by atoms with Crippen LogP contribution < -0.4 is 15.5 Å². The zero-order chi connectivity index (χ0) is 26.1. The van der Waals surface area contributed by atoms with Crippen LogP contribution in [0.25, 0.3) is 0 Å². The lowest BCUT2D eigenvalue weighted by molar-refractivity contribution is -0.120. The van der Waals surface area contributed by atoms with Gasteiger partial charge < -0.3 is 10.1 Å². The molecule has 2 aromatic carbocycles. The first kappa shape index (κ1) is 25.6. The van der Waals surface area contributed by atoms with E-state index >= 15 is 0 Å². The first-order valence-electron chi connectivity index (χ1n) is 10.1. The van der Waals surface area contributed by atoms with Crippen LogP contribution in [0.15, 0.2) is 53.2 Å². The van der Waals surface area contributed by atoms with Crippen molar-refractivity contribution in [3.8, 4) is 0 Å². The fourth-order valence-corrected chi connectivity index (χ4v) is 4.83. The molecule has 0 bridgehead atoms. The van der Waals surface area contributed by atoms with Crippen LogP contribution in [0, 0.1) is 6.92 Å². The summed E-state index contributed by atoms with van der Waals surface area (Å²) in [6.07, 6.45) is 0. The van der Waals surface area contributed by atoms with Crippen LogP contribution in [0.4, 0.5) is 16.5 Å². The second-order valence-corrected chi connectivity index (χ2v) is 9.53. The molecular weight excluding hydrogens is 551 g/mol. The third kappa shape index (κ3) is 4.93. The highest BCUT2D eigenvalue weighted by molar-refractivity contribution is 7.17. The normalized spacial score (nSPS) is 13.3. The maximum absolute atomic E-state index is 13.0. The van der Waals surface area contributed by atoms with Gasteiger partial charge in [0.25, 0.3) is 17.7 Å². The first-order chi connectivity index (χ1) is 17.1. The van der Waals surface area contributed by atoms with Crippen molar-refractivity contribution in [2.75, 3.05) is 22.6 Å². The Morgan fingerprint density at radius 3 is 2.36 bits per heavy atom. The van der Waals surface area contributed by atoms with Crippen molar-refractivity contribution in [2.45, 2.75) is 6.92 Å². The topological polar surface area (TPSA) is 118 Å². The smallest absolute Gasteiger partial charge is 0.350 e. The van der Waals surface area contributed by atoms with Crippen molar-refractivity contribution in [2.24, 2.45) is 0 Å². The number of aryl methyl sites for hydroxylation is 1. The Balaban J connectivity index is 1.47. The molecule has 0 saturated carbocycles. The minimum atomic E-state index is -0.741. The van der Waals surface area contributed by atoms with Crippen LogP contribution in [-0.2, 0) is 14.3 Å². The van der Waals surface area contributed by atoms with Crippen LogP contribution in [0.1, 0.15) is 25.7 Å². The molecule has 0 atom stereocenters. The monoisotopic (exact) mass is 564 g/mol. The van der Waals surface area contributed by atoms with E-state index in [0.29, 0.717) is 21.3 Å². The number of nitrogens with zero attached hydrogens (tertiary/aromatic N) is 2. The number of hydrogen-bond donors (Lipinski definition) is 2. The molecule has 0 radical (unpaired) electrons. The number of ether oxygens (including phenoxy) is 1. The number of amides is 3. The van der Waals surface area contributed by atoms with Gasteiger partial charge >= 0.3 is 5.97 Å². The SMILES string of the molecule is COC(=O)c1sc(NC(=O)c2ccc(NC3=C(Cl)C(=O)N(c4ccc(Cl)cc4Cl)C3=O)cc2)nc1C. The van der Waals surface area contributed by atoms with Crippen molar-refractivity contribution in [3.05, 3.63) is 79.4 Å². The number of carbonyl (C=O) groups is 4. The van der Waals surface area contributed by atoms with Crippen molar-refractivity contribution < 1.29 is 23.9 Å². The lowest BCUT2D eigenvalue weighted by Gasteiger charge is -2.16. The second kappa shape index (κ2) is 10.3. The Morgan fingerprint density at radius 2 is 1.72 bits per heavy atom. The number of nitrogens with one attached hydrogen (secondary N) is 2. The van der Waals surface area contributed by atoms with Gasteiger partial charge in [-0.3, -0.25) is 19.7 Å². The fraction of sp³-hybridized carbons (Fsp3) is 0.0870. The number of aromatic nitrogens is 1. The number of imide groups is 1. The first-order valence-corrected chi connectivity index (χ1v) is 12.0. The van der Waals surface area contributed by atoms with Crippen molar-refractivity contribution >= 4 is 86.3 Å². The minimum Gasteiger partial charge on any atom is -0.465 e. The highest BCUT2D eigenvalue weighted by atomic mass is 35.5. The summed E-state index contributed by atoms with van der Waals surface area (Å²) < 4.78 is 4.69. The van der Waals surface area contributed by atoms with Gasteiger partial charge in [-0.25, -0.2) is 14.7 Å². The van der Waals surface area contributed by atoms with Gasteiger partial charge in [0.1, 0.15) is 15.6 Å². The molecule has 9 nitrogen and oxygen atoms in total. The molecule has 184 valence electrons. The summed E-state index contributed by atoms with van der Waals surface area (Å²) in [5.41, 5.74) is 1.14. The summed E-state index contributed by atoms with van der Waals surface area (Å²) in [7, 11) is 1.26. The van der Waals surface area contributed by atoms with E-state index in [9.17, 15) is 19.2 Å². The predicted molar refractivity (Wildman–Crippen MR) is 138 cm³/mol. The number of benzene rings is 2. The molecule has 0 spiro atoms. The van der Waals surface area contributed by atoms with E-state index in [0.717, 1.165) is 16.2 Å². The standard InChI is InChI=1S/C23H15Cl3N4O5S/c1-10-18(22(34)35-2)36-23(27-10)29-19(31)11-3-6-13(7-4-11)28-17-16(26)20(32)30(21(17)33)15-8-5-12(24)9-14(15)25/h3-9,28H,1-2H3,(H,27,29,31). The number of anilines is 3. The molecule has 2 N–H and O–H groups in total. The summed E-state index contributed by atoms with van der Waals surface area (Å²) >= 11 is 19.2. The maximum Gasteiger partial charge on any atom is 0.350 e. The van der Waals surface area contributed by atoms with E-state index in [-0.39, 0.29) is 32.1 Å². The van der Waals surface area contributed by atoms with Gasteiger partial charge in [0.2, 0.25) is 0 Å². The van der Waals surface area contributed by atoms with Gasteiger partial charge in [-0.1, -0.05) is 46.1 Å². The van der Waals surface area contributed by atoms with Gasteiger partial charge in [0, 0.05) is 16.3 Å². The van der Waals surface area contributed by atoms with E-state index in [1.165, 1.54) is 49.6 Å². The molecule has 0 unspecified atom stereocenters. The van der Waals surface area contributed by atoms with Gasteiger partial charge in [0.15, 0.2) is 5.13 Å². The summed E-state index contributed by atoms with van der Waals surface area (Å²) in [5, 5.41) is 5.83. The average molecular weight is 566 g/mol. The zero-order valence-corrected chi connectivity index (χ0v) is 21.6. The molecule has 0 aliphatic carbocycles. The molecule has 13 heteroatoms. The van der Waals surface area contributed by atoms with Crippen LogP contribution in [0.5, 0.6) is 0 Å². The number of methoxy groups -OCH3 is 1. The third-order valence-electron chi connectivity index (χ3n) is 4.98. The number of thiazole rings is 1. The summed E-state index contributed by atoms with van der Waals surface area (Å²) in [5.74, 6) is -2.43. The number of halogens is 3. The van der Waals surface area contributed by atoms with Gasteiger partial charge in [-0.05, 0) is 49.4 Å². The molecule has 4 rings (SSSR count). The number of esters is 1. The number of carbonyl (C=O) groups excluding carboxylic acids is 4. The van der Waals surface area contributed by atoms with Gasteiger partial charge in [-0.2, -0.15) is 0 Å². The highest BCUT2D eigenvalue weighted by Gasteiger charge is 2.39. The van der Waals surface area contributed by atoms with Gasteiger partial charge in [-0.15, -0.1) is 0 Å². The van der Waals surface area contributed by atoms with Crippen molar-refractivity contribution in [1.29, 1.82) is 0 Å². The van der Waals surface area contributed by atoms with Crippen LogP contribution in [-0.4, -0.2) is 35.8 Å². The Morgan fingerprint density at radius 1 is 1.03 bits per heavy atom. The summed E-state index contributed by atoms with van der Waals surface area (Å²) in [6.45, 7) is 1.63. The lowest BCUT2D eigenvalue weighted by Crippen LogP contribution is -2.32. The molecule has 2 heterocycles. The lowest BCUT2D eigenvalue weighted by atomic mass is 10.2. The molecule has 0 fully saturated rings. The number of rotatable bonds is 6. The Bertz CT molecular complexity index is 1450. The fourth-order valence-electron chi connectivity index (χ4n) is 3.24. The molecule has 1 aromatic heterocycles. The molecule has 0 saturated heterocycles. The van der Waals surface area contributed by atoms with Crippen LogP contribution in [0.2, 0.25) is 10.0 Å². The van der Waals surface area contributed by atoms with Crippen LogP contribution >= 0.6 is 46.1 Å². The van der Waals surface area contributed by atoms with E-state index in [2.05, 4.69) is 15.6 Å². The van der Waals surface area contributed by atoms with E-state index in [1.807, 2.05) is 0 Å². The van der Waals surface area contributed by atoms with E-state index in [4.69, 9.17) is 39.5 Å². The maximum atomic E-state index is 13.0. The van der Waals surface area contributed by atoms with Crippen molar-refractivity contribution in [3.63, 3.8) is 0 Å². The Hall–Kier alpha value is -3.44. The Labute approximate surface area is 223 Å². The molecule has 36 heavy (non-hydrogen) atoms. The molecular formula is C23H15Cl3N4O5S. The minimum absolute atomic E-state index is 0.111. The second-order valence-electron chi connectivity index (χ2n) is 7.31. The summed E-state index contributed by atoms with van der Waals surface area (Å²) in [6, 6.07) is 10.4. The van der Waals surface area contributed by atoms with Crippen LogP contribution in [0.3, 0.4) is 0 Å². The molecule has 1 aliphatic rings. The number of hydrogen-bond acceptors (Lipinski definition) is 8. The molecule has 3 aromatic rings. The van der Waals surface area contributed by atoms with Gasteiger partial charge in [0.05, 0.1) is 23.5 Å². The Kier molecular flexibility index (Phi) is 7.32. The predicted octanol–water partition coefficient (Wildman–Crippen LogP) is 5.23. The molecule has 3 amide bonds. The quantitative estimate of drug-likeness (QED) is 0.310. The van der Waals surface area contributed by atoms with E-state index < -0.39 is 23.7 Å². The zero-order valence-electron chi connectivity index (χ0n) is 18.5.